The normalized spacial score (nSPS) is 11.5. The van der Waals surface area contributed by atoms with Gasteiger partial charge in [0.1, 0.15) is 5.75 Å². The Kier molecular flexibility index (Phi) is 4.21. The fraction of sp³-hybridized carbons (Fsp3) is 0.389. The fourth-order valence-corrected chi connectivity index (χ4v) is 2.32. The summed E-state index contributed by atoms with van der Waals surface area (Å²) in [5.74, 6) is 0.776. The molecule has 0 aliphatic heterocycles. The molecule has 0 aliphatic rings. The Morgan fingerprint density at radius 2 is 1.95 bits per heavy atom. The molecule has 0 amide bonds. The van der Waals surface area contributed by atoms with Gasteiger partial charge in [-0.1, -0.05) is 38.5 Å². The van der Waals surface area contributed by atoms with Gasteiger partial charge < -0.3 is 9.30 Å². The van der Waals surface area contributed by atoms with Crippen molar-refractivity contribution in [2.75, 3.05) is 6.61 Å². The van der Waals surface area contributed by atoms with Crippen LogP contribution in [0.3, 0.4) is 0 Å². The van der Waals surface area contributed by atoms with Crippen LogP contribution in [-0.4, -0.2) is 17.0 Å². The number of benzene rings is 1. The van der Waals surface area contributed by atoms with E-state index < -0.39 is 0 Å². The predicted molar refractivity (Wildman–Crippen MR) is 85.1 cm³/mol. The van der Waals surface area contributed by atoms with Crippen LogP contribution in [0, 0.1) is 6.92 Å². The molecule has 1 aromatic carbocycles. The van der Waals surface area contributed by atoms with Gasteiger partial charge in [-0.05, 0) is 36.1 Å². The van der Waals surface area contributed by atoms with Crippen LogP contribution in [0.4, 0.5) is 0 Å². The molecule has 0 saturated heterocycles. The van der Waals surface area contributed by atoms with Gasteiger partial charge in [0.25, 0.3) is 0 Å². The predicted octanol–water partition coefficient (Wildman–Crippen LogP) is 3.89. The van der Waals surface area contributed by atoms with E-state index in [0.717, 1.165) is 11.3 Å². The topological polar surface area (TPSA) is 31.2 Å². The zero-order valence-corrected chi connectivity index (χ0v) is 13.4. The van der Waals surface area contributed by atoms with Crippen LogP contribution in [0.1, 0.15) is 42.4 Å². The molecular formula is C18H23NO2. The van der Waals surface area contributed by atoms with Crippen LogP contribution in [0.5, 0.6) is 5.75 Å². The minimum atomic E-state index is -0.0185. The van der Waals surface area contributed by atoms with Crippen LogP contribution in [0.15, 0.2) is 36.5 Å². The summed E-state index contributed by atoms with van der Waals surface area (Å²) < 4.78 is 7.61. The largest absolute Gasteiger partial charge is 0.485 e. The Hall–Kier alpha value is -2.03. The maximum Gasteiger partial charge on any atom is 0.216 e. The number of ketones is 1. The molecule has 2 aromatic rings. The highest BCUT2D eigenvalue weighted by Gasteiger charge is 2.20. The molecule has 1 heterocycles. The number of carbonyl (C=O) groups excluding carboxylic acids is 1. The molecule has 0 unspecified atom stereocenters. The SMILES string of the molecule is Cc1ccc(OCC(=O)c2cccn2C)c(C(C)(C)C)c1. The molecule has 2 rings (SSSR count). The Labute approximate surface area is 126 Å². The summed E-state index contributed by atoms with van der Waals surface area (Å²) in [5.41, 5.74) is 2.97. The first-order valence-corrected chi connectivity index (χ1v) is 7.17. The first-order chi connectivity index (χ1) is 9.79. The van der Waals surface area contributed by atoms with Crippen LogP contribution >= 0.6 is 0 Å². The molecule has 0 aliphatic carbocycles. The third-order valence-electron chi connectivity index (χ3n) is 3.53. The van der Waals surface area contributed by atoms with Crippen molar-refractivity contribution in [3.8, 4) is 5.75 Å². The molecule has 0 fully saturated rings. The summed E-state index contributed by atoms with van der Waals surface area (Å²) in [7, 11) is 1.86. The van der Waals surface area contributed by atoms with Crippen molar-refractivity contribution in [3.05, 3.63) is 53.3 Å². The lowest BCUT2D eigenvalue weighted by atomic mass is 9.85. The zero-order valence-electron chi connectivity index (χ0n) is 13.4. The van der Waals surface area contributed by atoms with E-state index in [0.29, 0.717) is 5.69 Å². The lowest BCUT2D eigenvalue weighted by Crippen LogP contribution is -2.18. The third kappa shape index (κ3) is 3.54. The maximum atomic E-state index is 12.2. The number of ether oxygens (including phenoxy) is 1. The van der Waals surface area contributed by atoms with Crippen LogP contribution < -0.4 is 4.74 Å². The molecule has 0 spiro atoms. The molecule has 3 nitrogen and oxygen atoms in total. The second-order valence-corrected chi connectivity index (χ2v) is 6.47. The number of rotatable bonds is 4. The van der Waals surface area contributed by atoms with E-state index in [-0.39, 0.29) is 17.8 Å². The van der Waals surface area contributed by atoms with Gasteiger partial charge in [-0.15, -0.1) is 0 Å². The van der Waals surface area contributed by atoms with Gasteiger partial charge in [0.2, 0.25) is 5.78 Å². The second-order valence-electron chi connectivity index (χ2n) is 6.47. The number of hydrogen-bond acceptors (Lipinski definition) is 2. The summed E-state index contributed by atoms with van der Waals surface area (Å²) in [6.07, 6.45) is 1.86. The van der Waals surface area contributed by atoms with Crippen LogP contribution in [0.25, 0.3) is 0 Å². The minimum Gasteiger partial charge on any atom is -0.485 e. The third-order valence-corrected chi connectivity index (χ3v) is 3.53. The number of Topliss-reactive ketones (excluding diaryl/α,β-unsaturated/α-hetero) is 1. The number of nitrogens with zero attached hydrogens (tertiary/aromatic N) is 1. The average molecular weight is 285 g/mol. The van der Waals surface area contributed by atoms with Gasteiger partial charge >= 0.3 is 0 Å². The smallest absolute Gasteiger partial charge is 0.216 e. The molecule has 112 valence electrons. The lowest BCUT2D eigenvalue weighted by Gasteiger charge is -2.23. The van der Waals surface area contributed by atoms with E-state index in [9.17, 15) is 4.79 Å². The van der Waals surface area contributed by atoms with Gasteiger partial charge in [0, 0.05) is 13.2 Å². The molecule has 0 atom stereocenters. The minimum absolute atomic E-state index is 0.0112. The molecule has 3 heteroatoms. The van der Waals surface area contributed by atoms with Gasteiger partial charge in [-0.2, -0.15) is 0 Å². The average Bonchev–Trinajstić information content (AvgIpc) is 2.82. The van der Waals surface area contributed by atoms with E-state index in [1.54, 1.807) is 0 Å². The molecular weight excluding hydrogens is 262 g/mol. The molecule has 0 radical (unpaired) electrons. The van der Waals surface area contributed by atoms with Crippen molar-refractivity contribution < 1.29 is 9.53 Å². The number of carbonyl (C=O) groups is 1. The maximum absolute atomic E-state index is 12.2. The first-order valence-electron chi connectivity index (χ1n) is 7.17. The highest BCUT2D eigenvalue weighted by atomic mass is 16.5. The Bertz CT molecular complexity index is 647. The number of aromatic nitrogens is 1. The van der Waals surface area contributed by atoms with Crippen molar-refractivity contribution in [1.29, 1.82) is 0 Å². The van der Waals surface area contributed by atoms with Crippen LogP contribution in [0.2, 0.25) is 0 Å². The summed E-state index contributed by atoms with van der Waals surface area (Å²) in [4.78, 5) is 12.2. The van der Waals surface area contributed by atoms with Gasteiger partial charge in [0.05, 0.1) is 5.69 Å². The second kappa shape index (κ2) is 5.76. The molecule has 21 heavy (non-hydrogen) atoms. The van der Waals surface area contributed by atoms with E-state index in [1.807, 2.05) is 42.1 Å². The Balaban J connectivity index is 2.17. The molecule has 0 N–H and O–H groups in total. The van der Waals surface area contributed by atoms with Gasteiger partial charge in [-0.25, -0.2) is 0 Å². The highest BCUT2D eigenvalue weighted by Crippen LogP contribution is 2.32. The Morgan fingerprint density at radius 1 is 1.24 bits per heavy atom. The van der Waals surface area contributed by atoms with E-state index >= 15 is 0 Å². The van der Waals surface area contributed by atoms with Crippen molar-refractivity contribution >= 4 is 5.78 Å². The molecule has 1 aromatic heterocycles. The lowest BCUT2D eigenvalue weighted by molar-refractivity contribution is 0.0912. The molecule has 0 saturated carbocycles. The van der Waals surface area contributed by atoms with Gasteiger partial charge in [-0.3, -0.25) is 4.79 Å². The quantitative estimate of drug-likeness (QED) is 0.798. The van der Waals surface area contributed by atoms with Crippen molar-refractivity contribution in [1.82, 2.24) is 4.57 Å². The van der Waals surface area contributed by atoms with Crippen molar-refractivity contribution in [2.24, 2.45) is 7.05 Å². The summed E-state index contributed by atoms with van der Waals surface area (Å²) >= 11 is 0. The standard InChI is InChI=1S/C18H23NO2/c1-13-8-9-17(14(11-13)18(2,3)4)21-12-16(20)15-7-6-10-19(15)5/h6-11H,12H2,1-5H3. The van der Waals surface area contributed by atoms with Crippen molar-refractivity contribution in [3.63, 3.8) is 0 Å². The fourth-order valence-electron chi connectivity index (χ4n) is 2.32. The van der Waals surface area contributed by atoms with Crippen molar-refractivity contribution in [2.45, 2.75) is 33.1 Å². The van der Waals surface area contributed by atoms with E-state index in [4.69, 9.17) is 4.74 Å². The summed E-state index contributed by atoms with van der Waals surface area (Å²) in [5, 5.41) is 0. The van der Waals surface area contributed by atoms with E-state index in [1.165, 1.54) is 5.56 Å². The van der Waals surface area contributed by atoms with Gasteiger partial charge in [0.15, 0.2) is 6.61 Å². The summed E-state index contributed by atoms with van der Waals surface area (Å²) in [6, 6.07) is 9.76. The number of hydrogen-bond donors (Lipinski definition) is 0. The van der Waals surface area contributed by atoms with E-state index in [2.05, 4.69) is 33.8 Å². The summed E-state index contributed by atoms with van der Waals surface area (Å²) in [6.45, 7) is 8.56. The highest BCUT2D eigenvalue weighted by molar-refractivity contribution is 5.95. The van der Waals surface area contributed by atoms with Crippen LogP contribution in [-0.2, 0) is 12.5 Å². The monoisotopic (exact) mass is 285 g/mol. The first kappa shape index (κ1) is 15.4. The number of aryl methyl sites for hydroxylation is 2. The zero-order chi connectivity index (χ0) is 15.6. The molecule has 0 bridgehead atoms. The Morgan fingerprint density at radius 3 is 2.52 bits per heavy atom.